The summed E-state index contributed by atoms with van der Waals surface area (Å²) in [7, 11) is 1.56. The van der Waals surface area contributed by atoms with Gasteiger partial charge in [-0.1, -0.05) is 0 Å². The van der Waals surface area contributed by atoms with Crippen LogP contribution in [0.2, 0.25) is 0 Å². The Balaban J connectivity index is 2.47. The number of furan rings is 1. The Labute approximate surface area is 80.3 Å². The van der Waals surface area contributed by atoms with Crippen LogP contribution in [0.4, 0.5) is 8.78 Å². The lowest BCUT2D eigenvalue weighted by molar-refractivity contribution is 0.0938. The molecule has 0 saturated heterocycles. The summed E-state index contributed by atoms with van der Waals surface area (Å²) < 4.78 is 28.9. The average molecular weight is 203 g/mol. The van der Waals surface area contributed by atoms with E-state index in [2.05, 4.69) is 0 Å². The number of halogens is 2. The molecule has 0 bridgehead atoms. The summed E-state index contributed by atoms with van der Waals surface area (Å²) in [5, 5.41) is 0. The molecular formula is C9H11F2NO2. The average Bonchev–Trinajstić information content (AvgIpc) is 2.50. The van der Waals surface area contributed by atoms with Crippen LogP contribution in [0.3, 0.4) is 0 Å². The van der Waals surface area contributed by atoms with E-state index < -0.39 is 6.43 Å². The molecule has 5 heteroatoms. The van der Waals surface area contributed by atoms with E-state index in [0.29, 0.717) is 12.0 Å². The Kier molecular flexibility index (Phi) is 3.76. The molecule has 0 fully saturated rings. The van der Waals surface area contributed by atoms with Crippen LogP contribution in [0.25, 0.3) is 0 Å². The Bertz CT molecular complexity index is 299. The first kappa shape index (κ1) is 10.8. The predicted octanol–water partition coefficient (Wildman–Crippen LogP) is 1.79. The van der Waals surface area contributed by atoms with E-state index in [-0.39, 0.29) is 18.8 Å². The summed E-state index contributed by atoms with van der Waals surface area (Å²) in [6.45, 7) is -0.0324. The minimum Gasteiger partial charge on any atom is -0.457 e. The largest absolute Gasteiger partial charge is 0.457 e. The van der Waals surface area contributed by atoms with E-state index in [1.807, 2.05) is 0 Å². The zero-order valence-corrected chi connectivity index (χ0v) is 7.74. The molecule has 0 atom stereocenters. The summed E-state index contributed by atoms with van der Waals surface area (Å²) in [6, 6.07) is 3.12. The third kappa shape index (κ3) is 3.26. The van der Waals surface area contributed by atoms with E-state index in [1.165, 1.54) is 11.0 Å². The van der Waals surface area contributed by atoms with Gasteiger partial charge in [-0.25, -0.2) is 8.78 Å². The topological polar surface area (TPSA) is 33.5 Å². The van der Waals surface area contributed by atoms with Crippen LogP contribution in [0.15, 0.2) is 16.5 Å². The van der Waals surface area contributed by atoms with Gasteiger partial charge in [-0.15, -0.1) is 0 Å². The number of hydrogen-bond donors (Lipinski definition) is 0. The molecular weight excluding hydrogens is 192 g/mol. The summed E-state index contributed by atoms with van der Waals surface area (Å²) in [5.41, 5.74) is 0. The van der Waals surface area contributed by atoms with Crippen LogP contribution in [0.5, 0.6) is 0 Å². The van der Waals surface area contributed by atoms with Gasteiger partial charge in [-0.3, -0.25) is 9.69 Å². The third-order valence-electron chi connectivity index (χ3n) is 1.67. The van der Waals surface area contributed by atoms with Crippen LogP contribution in [-0.2, 0) is 6.54 Å². The fourth-order valence-electron chi connectivity index (χ4n) is 1.11. The molecule has 1 rings (SSSR count). The van der Waals surface area contributed by atoms with Gasteiger partial charge in [-0.05, 0) is 19.2 Å². The van der Waals surface area contributed by atoms with Gasteiger partial charge in [-0.2, -0.15) is 0 Å². The Morgan fingerprint density at radius 1 is 1.57 bits per heavy atom. The molecule has 0 spiro atoms. The van der Waals surface area contributed by atoms with Crippen LogP contribution in [-0.4, -0.2) is 31.2 Å². The smallest absolute Gasteiger partial charge is 0.251 e. The fourth-order valence-corrected chi connectivity index (χ4v) is 1.11. The highest BCUT2D eigenvalue weighted by Gasteiger charge is 2.10. The van der Waals surface area contributed by atoms with Crippen molar-refractivity contribution < 1.29 is 18.0 Å². The first-order valence-electron chi connectivity index (χ1n) is 4.12. The number of hydrogen-bond acceptors (Lipinski definition) is 3. The van der Waals surface area contributed by atoms with Crippen molar-refractivity contribution in [3.63, 3.8) is 0 Å². The Morgan fingerprint density at radius 2 is 2.29 bits per heavy atom. The van der Waals surface area contributed by atoms with Crippen molar-refractivity contribution >= 4 is 6.29 Å². The minimum absolute atomic E-state index is 0.213. The van der Waals surface area contributed by atoms with Crippen molar-refractivity contribution in [3.8, 4) is 0 Å². The van der Waals surface area contributed by atoms with E-state index in [1.54, 1.807) is 13.1 Å². The van der Waals surface area contributed by atoms with Crippen molar-refractivity contribution in [1.82, 2.24) is 4.90 Å². The maximum atomic E-state index is 11.9. The number of rotatable bonds is 5. The van der Waals surface area contributed by atoms with Gasteiger partial charge < -0.3 is 4.42 Å². The number of alkyl halides is 2. The first-order chi connectivity index (χ1) is 6.61. The van der Waals surface area contributed by atoms with Crippen LogP contribution >= 0.6 is 0 Å². The molecule has 0 radical (unpaired) electrons. The highest BCUT2D eigenvalue weighted by atomic mass is 19.3. The molecule has 0 aromatic carbocycles. The monoisotopic (exact) mass is 203 g/mol. The molecule has 1 aromatic rings. The van der Waals surface area contributed by atoms with Gasteiger partial charge in [0, 0.05) is 0 Å². The number of aldehydes is 1. The van der Waals surface area contributed by atoms with Crippen molar-refractivity contribution in [3.05, 3.63) is 23.7 Å². The van der Waals surface area contributed by atoms with Gasteiger partial charge in [0.15, 0.2) is 12.0 Å². The first-order valence-corrected chi connectivity index (χ1v) is 4.12. The Hall–Kier alpha value is -1.23. The van der Waals surface area contributed by atoms with Gasteiger partial charge in [0.2, 0.25) is 0 Å². The summed E-state index contributed by atoms with van der Waals surface area (Å²) >= 11 is 0. The molecule has 3 nitrogen and oxygen atoms in total. The van der Waals surface area contributed by atoms with Gasteiger partial charge >= 0.3 is 0 Å². The SMILES string of the molecule is CN(Cc1ccc(C=O)o1)CC(F)F. The second-order valence-electron chi connectivity index (χ2n) is 3.01. The molecule has 14 heavy (non-hydrogen) atoms. The highest BCUT2D eigenvalue weighted by Crippen LogP contribution is 2.08. The highest BCUT2D eigenvalue weighted by molar-refractivity contribution is 5.70. The standard InChI is InChI=1S/C9H11F2NO2/c1-12(5-9(10)11)4-7-2-3-8(6-13)14-7/h2-3,6,9H,4-5H2,1H3. The molecule has 0 amide bonds. The quantitative estimate of drug-likeness (QED) is 0.684. The normalized spacial score (nSPS) is 11.2. The second-order valence-corrected chi connectivity index (χ2v) is 3.01. The van der Waals surface area contributed by atoms with Crippen molar-refractivity contribution in [2.24, 2.45) is 0 Å². The van der Waals surface area contributed by atoms with Crippen LogP contribution < -0.4 is 0 Å². The lowest BCUT2D eigenvalue weighted by Gasteiger charge is -2.13. The summed E-state index contributed by atoms with van der Waals surface area (Å²) in [5.74, 6) is 0.723. The molecule has 0 saturated carbocycles. The molecule has 0 N–H and O–H groups in total. The van der Waals surface area contributed by atoms with Crippen LogP contribution in [0.1, 0.15) is 16.3 Å². The molecule has 0 unspecified atom stereocenters. The van der Waals surface area contributed by atoms with Crippen molar-refractivity contribution in [1.29, 1.82) is 0 Å². The predicted molar refractivity (Wildman–Crippen MR) is 46.4 cm³/mol. The van der Waals surface area contributed by atoms with E-state index in [0.717, 1.165) is 0 Å². The molecule has 0 aliphatic rings. The van der Waals surface area contributed by atoms with E-state index >= 15 is 0 Å². The fraction of sp³-hybridized carbons (Fsp3) is 0.444. The molecule has 78 valence electrons. The van der Waals surface area contributed by atoms with Crippen molar-refractivity contribution in [2.45, 2.75) is 13.0 Å². The second kappa shape index (κ2) is 4.85. The van der Waals surface area contributed by atoms with Crippen molar-refractivity contribution in [2.75, 3.05) is 13.6 Å². The van der Waals surface area contributed by atoms with E-state index in [4.69, 9.17) is 4.42 Å². The minimum atomic E-state index is -2.36. The summed E-state index contributed by atoms with van der Waals surface area (Å²) in [6.07, 6.45) is -1.78. The zero-order valence-electron chi connectivity index (χ0n) is 7.74. The van der Waals surface area contributed by atoms with Gasteiger partial charge in [0.1, 0.15) is 5.76 Å². The van der Waals surface area contributed by atoms with Gasteiger partial charge in [0.25, 0.3) is 6.43 Å². The molecule has 1 heterocycles. The maximum Gasteiger partial charge on any atom is 0.251 e. The lowest BCUT2D eigenvalue weighted by Crippen LogP contribution is -2.23. The zero-order chi connectivity index (χ0) is 10.6. The van der Waals surface area contributed by atoms with Crippen LogP contribution in [0, 0.1) is 0 Å². The molecule has 0 aliphatic carbocycles. The Morgan fingerprint density at radius 3 is 2.79 bits per heavy atom. The lowest BCUT2D eigenvalue weighted by atomic mass is 10.4. The molecule has 1 aromatic heterocycles. The maximum absolute atomic E-state index is 11.9. The van der Waals surface area contributed by atoms with E-state index in [9.17, 15) is 13.6 Å². The number of nitrogens with zero attached hydrogens (tertiary/aromatic N) is 1. The summed E-state index contributed by atoms with van der Waals surface area (Å²) in [4.78, 5) is 11.7. The number of carbonyl (C=O) groups excluding carboxylic acids is 1. The number of carbonyl (C=O) groups is 1. The molecule has 0 aliphatic heterocycles. The van der Waals surface area contributed by atoms with Gasteiger partial charge in [0.05, 0.1) is 13.1 Å². The third-order valence-corrected chi connectivity index (χ3v) is 1.67.